The first kappa shape index (κ1) is 17.3. The monoisotopic (exact) mass is 340 g/mol. The number of carbonyl (C=O) groups excluding carboxylic acids is 1. The predicted molar refractivity (Wildman–Crippen MR) is 98.3 cm³/mol. The van der Waals surface area contributed by atoms with E-state index in [1.807, 2.05) is 36.4 Å². The molecule has 0 saturated carbocycles. The average molecular weight is 340 g/mol. The van der Waals surface area contributed by atoms with E-state index in [0.29, 0.717) is 5.75 Å². The van der Waals surface area contributed by atoms with Gasteiger partial charge < -0.3 is 14.8 Å². The SMILES string of the molecule is COc1cc(Oc2ccc(NC(C)=O)cc2)ccc1CN1CCCC1. The fourth-order valence-corrected chi connectivity index (χ4v) is 3.05. The number of ether oxygens (including phenoxy) is 2. The van der Waals surface area contributed by atoms with E-state index < -0.39 is 0 Å². The molecule has 1 N–H and O–H groups in total. The molecular formula is C20H24N2O3. The van der Waals surface area contributed by atoms with Gasteiger partial charge in [-0.15, -0.1) is 0 Å². The highest BCUT2D eigenvalue weighted by Crippen LogP contribution is 2.30. The highest BCUT2D eigenvalue weighted by atomic mass is 16.5. The Balaban J connectivity index is 1.68. The Hall–Kier alpha value is -2.53. The number of rotatable bonds is 6. The van der Waals surface area contributed by atoms with Crippen LogP contribution < -0.4 is 14.8 Å². The molecule has 1 aliphatic heterocycles. The van der Waals surface area contributed by atoms with Crippen LogP contribution in [-0.4, -0.2) is 31.0 Å². The summed E-state index contributed by atoms with van der Waals surface area (Å²) >= 11 is 0. The van der Waals surface area contributed by atoms with Gasteiger partial charge in [0, 0.05) is 30.8 Å². The Morgan fingerprint density at radius 1 is 1.08 bits per heavy atom. The fraction of sp³-hybridized carbons (Fsp3) is 0.350. The summed E-state index contributed by atoms with van der Waals surface area (Å²) in [4.78, 5) is 13.5. The van der Waals surface area contributed by atoms with E-state index in [-0.39, 0.29) is 5.91 Å². The normalized spacial score (nSPS) is 14.3. The number of hydrogen-bond acceptors (Lipinski definition) is 4. The Morgan fingerprint density at radius 3 is 2.40 bits per heavy atom. The second-order valence-electron chi connectivity index (χ2n) is 6.26. The third-order valence-corrected chi connectivity index (χ3v) is 4.26. The molecule has 2 aromatic rings. The number of likely N-dealkylation sites (tertiary alicyclic amines) is 1. The van der Waals surface area contributed by atoms with Gasteiger partial charge in [0.05, 0.1) is 7.11 Å². The highest BCUT2D eigenvalue weighted by Gasteiger charge is 2.14. The van der Waals surface area contributed by atoms with Crippen molar-refractivity contribution in [1.82, 2.24) is 4.90 Å². The summed E-state index contributed by atoms with van der Waals surface area (Å²) in [7, 11) is 1.69. The molecule has 1 saturated heterocycles. The summed E-state index contributed by atoms with van der Waals surface area (Å²) in [6.07, 6.45) is 2.55. The Labute approximate surface area is 148 Å². The smallest absolute Gasteiger partial charge is 0.221 e. The number of nitrogens with one attached hydrogen (secondary N) is 1. The molecule has 5 heteroatoms. The third-order valence-electron chi connectivity index (χ3n) is 4.26. The molecule has 0 aliphatic carbocycles. The minimum atomic E-state index is -0.0907. The molecule has 132 valence electrons. The number of amides is 1. The van der Waals surface area contributed by atoms with E-state index in [0.717, 1.165) is 36.8 Å². The fourth-order valence-electron chi connectivity index (χ4n) is 3.05. The molecule has 2 aromatic carbocycles. The first-order chi connectivity index (χ1) is 12.1. The molecule has 1 aliphatic rings. The second-order valence-corrected chi connectivity index (χ2v) is 6.26. The van der Waals surface area contributed by atoms with Gasteiger partial charge in [0.15, 0.2) is 0 Å². The van der Waals surface area contributed by atoms with Crippen molar-refractivity contribution in [1.29, 1.82) is 0 Å². The zero-order valence-corrected chi connectivity index (χ0v) is 14.7. The molecule has 0 spiro atoms. The summed E-state index contributed by atoms with van der Waals surface area (Å²) in [5, 5.41) is 2.74. The van der Waals surface area contributed by atoms with E-state index in [2.05, 4.69) is 16.3 Å². The second kappa shape index (κ2) is 8.03. The number of anilines is 1. The summed E-state index contributed by atoms with van der Waals surface area (Å²) in [5.74, 6) is 2.20. The van der Waals surface area contributed by atoms with Crippen molar-refractivity contribution in [2.75, 3.05) is 25.5 Å². The van der Waals surface area contributed by atoms with Crippen molar-refractivity contribution in [3.8, 4) is 17.2 Å². The van der Waals surface area contributed by atoms with Crippen molar-refractivity contribution in [2.24, 2.45) is 0 Å². The summed E-state index contributed by atoms with van der Waals surface area (Å²) in [6.45, 7) is 4.71. The summed E-state index contributed by atoms with van der Waals surface area (Å²) in [5.41, 5.74) is 1.93. The van der Waals surface area contributed by atoms with E-state index >= 15 is 0 Å². The number of methoxy groups -OCH3 is 1. The third kappa shape index (κ3) is 4.73. The Kier molecular flexibility index (Phi) is 5.56. The molecule has 0 radical (unpaired) electrons. The molecule has 1 heterocycles. The number of benzene rings is 2. The van der Waals surface area contributed by atoms with E-state index in [1.165, 1.54) is 25.3 Å². The average Bonchev–Trinajstić information content (AvgIpc) is 3.10. The van der Waals surface area contributed by atoms with Crippen LogP contribution >= 0.6 is 0 Å². The van der Waals surface area contributed by atoms with Gasteiger partial charge in [-0.1, -0.05) is 6.07 Å². The van der Waals surface area contributed by atoms with Gasteiger partial charge in [0.2, 0.25) is 5.91 Å². The van der Waals surface area contributed by atoms with Crippen LogP contribution in [0.1, 0.15) is 25.3 Å². The molecule has 5 nitrogen and oxygen atoms in total. The molecule has 1 amide bonds. The van der Waals surface area contributed by atoms with E-state index in [1.54, 1.807) is 7.11 Å². The minimum Gasteiger partial charge on any atom is -0.496 e. The largest absolute Gasteiger partial charge is 0.496 e. The lowest BCUT2D eigenvalue weighted by Gasteiger charge is -2.17. The quantitative estimate of drug-likeness (QED) is 0.862. The van der Waals surface area contributed by atoms with Crippen LogP contribution in [0.5, 0.6) is 17.2 Å². The van der Waals surface area contributed by atoms with Crippen molar-refractivity contribution in [2.45, 2.75) is 26.3 Å². The highest BCUT2D eigenvalue weighted by molar-refractivity contribution is 5.88. The van der Waals surface area contributed by atoms with Crippen LogP contribution in [0.25, 0.3) is 0 Å². The van der Waals surface area contributed by atoms with Crippen LogP contribution in [0, 0.1) is 0 Å². The van der Waals surface area contributed by atoms with Gasteiger partial charge in [-0.3, -0.25) is 9.69 Å². The maximum absolute atomic E-state index is 11.1. The van der Waals surface area contributed by atoms with Crippen LogP contribution in [0.15, 0.2) is 42.5 Å². The predicted octanol–water partition coefficient (Wildman–Crippen LogP) is 4.04. The van der Waals surface area contributed by atoms with Crippen LogP contribution in [0.4, 0.5) is 5.69 Å². The van der Waals surface area contributed by atoms with E-state index in [4.69, 9.17) is 9.47 Å². The van der Waals surface area contributed by atoms with Crippen LogP contribution in [-0.2, 0) is 11.3 Å². The van der Waals surface area contributed by atoms with Gasteiger partial charge in [-0.05, 0) is 56.3 Å². The van der Waals surface area contributed by atoms with Crippen LogP contribution in [0.3, 0.4) is 0 Å². The molecular weight excluding hydrogens is 316 g/mol. The zero-order valence-electron chi connectivity index (χ0n) is 14.7. The molecule has 25 heavy (non-hydrogen) atoms. The van der Waals surface area contributed by atoms with Crippen molar-refractivity contribution >= 4 is 11.6 Å². The van der Waals surface area contributed by atoms with Gasteiger partial charge in [-0.25, -0.2) is 0 Å². The first-order valence-electron chi connectivity index (χ1n) is 8.59. The van der Waals surface area contributed by atoms with Gasteiger partial charge >= 0.3 is 0 Å². The molecule has 1 fully saturated rings. The van der Waals surface area contributed by atoms with Gasteiger partial charge in [0.25, 0.3) is 0 Å². The maximum atomic E-state index is 11.1. The van der Waals surface area contributed by atoms with Gasteiger partial charge in [0.1, 0.15) is 17.2 Å². The standard InChI is InChI=1S/C20H24N2O3/c1-15(23)21-17-6-9-18(10-7-17)25-19-8-5-16(20(13-19)24-2)14-22-11-3-4-12-22/h5-10,13H,3-4,11-12,14H2,1-2H3,(H,21,23). The number of hydrogen-bond donors (Lipinski definition) is 1. The lowest BCUT2D eigenvalue weighted by atomic mass is 10.1. The summed E-state index contributed by atoms with van der Waals surface area (Å²) in [6, 6.07) is 13.2. The first-order valence-corrected chi connectivity index (χ1v) is 8.59. The number of nitrogens with zero attached hydrogens (tertiary/aromatic N) is 1. The van der Waals surface area contributed by atoms with Crippen LogP contribution in [0.2, 0.25) is 0 Å². The molecule has 0 atom stereocenters. The lowest BCUT2D eigenvalue weighted by Crippen LogP contribution is -2.18. The van der Waals surface area contributed by atoms with E-state index in [9.17, 15) is 4.79 Å². The van der Waals surface area contributed by atoms with Crippen molar-refractivity contribution < 1.29 is 14.3 Å². The maximum Gasteiger partial charge on any atom is 0.221 e. The molecule has 0 aromatic heterocycles. The Morgan fingerprint density at radius 2 is 1.76 bits per heavy atom. The lowest BCUT2D eigenvalue weighted by molar-refractivity contribution is -0.114. The Bertz CT molecular complexity index is 722. The number of carbonyl (C=O) groups is 1. The van der Waals surface area contributed by atoms with Gasteiger partial charge in [-0.2, -0.15) is 0 Å². The molecule has 3 rings (SSSR count). The molecule has 0 unspecified atom stereocenters. The zero-order chi connectivity index (χ0) is 17.6. The van der Waals surface area contributed by atoms with Crippen molar-refractivity contribution in [3.63, 3.8) is 0 Å². The molecule has 0 bridgehead atoms. The van der Waals surface area contributed by atoms with Crippen molar-refractivity contribution in [3.05, 3.63) is 48.0 Å². The summed E-state index contributed by atoms with van der Waals surface area (Å²) < 4.78 is 11.4. The minimum absolute atomic E-state index is 0.0907. The topological polar surface area (TPSA) is 50.8 Å².